The predicted octanol–water partition coefficient (Wildman–Crippen LogP) is 2.50. The molecular formula is C19H18N4O3. The largest absolute Gasteiger partial charge is 0.497 e. The average molecular weight is 350 g/mol. The number of benzene rings is 2. The van der Waals surface area contributed by atoms with Crippen LogP contribution in [0.4, 0.5) is 5.69 Å². The number of fused-ring (bicyclic) bond motifs is 1. The standard InChI is InChI=1S/C19H18N4O3/c1-12-3-7-14(8-4-12)23-18(24)16-17(19(23)25)22(21-20-16)11-13-5-9-15(26-2)10-6-13/h3-10,16-17H,11H2,1-2H3. The van der Waals surface area contributed by atoms with Crippen molar-refractivity contribution >= 4 is 17.5 Å². The molecule has 2 aromatic rings. The zero-order valence-corrected chi connectivity index (χ0v) is 14.5. The third kappa shape index (κ3) is 2.61. The van der Waals surface area contributed by atoms with Crippen LogP contribution in [0.3, 0.4) is 0 Å². The average Bonchev–Trinajstić information content (AvgIpc) is 3.17. The van der Waals surface area contributed by atoms with Crippen molar-refractivity contribution in [2.75, 3.05) is 12.0 Å². The van der Waals surface area contributed by atoms with E-state index >= 15 is 0 Å². The summed E-state index contributed by atoms with van der Waals surface area (Å²) >= 11 is 0. The molecule has 0 N–H and O–H groups in total. The van der Waals surface area contributed by atoms with Gasteiger partial charge in [0.25, 0.3) is 11.8 Å². The first-order valence-corrected chi connectivity index (χ1v) is 8.33. The van der Waals surface area contributed by atoms with Gasteiger partial charge in [0.15, 0.2) is 12.1 Å². The van der Waals surface area contributed by atoms with Crippen molar-refractivity contribution in [3.63, 3.8) is 0 Å². The van der Waals surface area contributed by atoms with Crippen LogP contribution >= 0.6 is 0 Å². The summed E-state index contributed by atoms with van der Waals surface area (Å²) in [5.41, 5.74) is 2.59. The maximum atomic E-state index is 12.9. The summed E-state index contributed by atoms with van der Waals surface area (Å²) in [6.07, 6.45) is 0. The monoisotopic (exact) mass is 350 g/mol. The lowest BCUT2D eigenvalue weighted by molar-refractivity contribution is -0.123. The van der Waals surface area contributed by atoms with E-state index in [9.17, 15) is 9.59 Å². The summed E-state index contributed by atoms with van der Waals surface area (Å²) in [6.45, 7) is 2.35. The molecule has 1 fully saturated rings. The Morgan fingerprint density at radius 3 is 2.35 bits per heavy atom. The van der Waals surface area contributed by atoms with E-state index in [1.165, 1.54) is 4.90 Å². The summed E-state index contributed by atoms with van der Waals surface area (Å²) < 4.78 is 5.15. The van der Waals surface area contributed by atoms with Gasteiger partial charge in [0.05, 0.1) is 19.3 Å². The van der Waals surface area contributed by atoms with Crippen LogP contribution in [-0.2, 0) is 16.1 Å². The molecule has 0 aliphatic carbocycles. The Labute approximate surface area is 150 Å². The van der Waals surface area contributed by atoms with Crippen LogP contribution in [0.15, 0.2) is 58.9 Å². The van der Waals surface area contributed by atoms with Crippen molar-refractivity contribution in [3.8, 4) is 5.75 Å². The molecule has 2 amide bonds. The van der Waals surface area contributed by atoms with Gasteiger partial charge in [-0.15, -0.1) is 0 Å². The van der Waals surface area contributed by atoms with Crippen molar-refractivity contribution in [2.45, 2.75) is 25.6 Å². The van der Waals surface area contributed by atoms with Gasteiger partial charge in [0.1, 0.15) is 5.75 Å². The highest BCUT2D eigenvalue weighted by Crippen LogP contribution is 2.32. The molecule has 1 saturated heterocycles. The Bertz CT molecular complexity index is 877. The minimum absolute atomic E-state index is 0.289. The van der Waals surface area contributed by atoms with Gasteiger partial charge in [0, 0.05) is 0 Å². The second-order valence-electron chi connectivity index (χ2n) is 6.39. The highest BCUT2D eigenvalue weighted by Gasteiger charge is 2.54. The quantitative estimate of drug-likeness (QED) is 0.794. The fourth-order valence-corrected chi connectivity index (χ4v) is 3.22. The van der Waals surface area contributed by atoms with E-state index in [0.717, 1.165) is 16.9 Å². The Balaban J connectivity index is 1.56. The maximum Gasteiger partial charge on any atom is 0.263 e. The number of carbonyl (C=O) groups excluding carboxylic acids is 2. The van der Waals surface area contributed by atoms with Crippen molar-refractivity contribution in [2.24, 2.45) is 10.3 Å². The van der Waals surface area contributed by atoms with Gasteiger partial charge in [-0.25, -0.2) is 4.90 Å². The summed E-state index contributed by atoms with van der Waals surface area (Å²) in [7, 11) is 1.61. The molecule has 2 unspecified atom stereocenters. The maximum absolute atomic E-state index is 12.9. The SMILES string of the molecule is COc1ccc(CN2N=NC3C(=O)N(c4ccc(C)cc4)C(=O)C32)cc1. The number of nitrogens with zero attached hydrogens (tertiary/aromatic N) is 4. The van der Waals surface area contributed by atoms with Gasteiger partial charge in [0.2, 0.25) is 0 Å². The Morgan fingerprint density at radius 1 is 1.00 bits per heavy atom. The van der Waals surface area contributed by atoms with E-state index in [-0.39, 0.29) is 11.8 Å². The van der Waals surface area contributed by atoms with Gasteiger partial charge in [-0.2, -0.15) is 5.11 Å². The summed E-state index contributed by atoms with van der Waals surface area (Å²) in [6, 6.07) is 13.3. The van der Waals surface area contributed by atoms with E-state index in [1.807, 2.05) is 43.3 Å². The lowest BCUT2D eigenvalue weighted by Gasteiger charge is -2.20. The molecule has 4 rings (SSSR count). The van der Waals surface area contributed by atoms with Gasteiger partial charge in [-0.05, 0) is 36.8 Å². The van der Waals surface area contributed by atoms with Gasteiger partial charge in [-0.1, -0.05) is 35.1 Å². The lowest BCUT2D eigenvalue weighted by Crippen LogP contribution is -2.39. The molecular weight excluding hydrogens is 332 g/mol. The van der Waals surface area contributed by atoms with Gasteiger partial charge < -0.3 is 4.74 Å². The van der Waals surface area contributed by atoms with E-state index in [4.69, 9.17) is 4.74 Å². The minimum Gasteiger partial charge on any atom is -0.497 e. The number of anilines is 1. The van der Waals surface area contributed by atoms with Crippen LogP contribution in [0, 0.1) is 6.92 Å². The van der Waals surface area contributed by atoms with Crippen LogP contribution in [0.5, 0.6) is 5.75 Å². The predicted molar refractivity (Wildman–Crippen MR) is 94.6 cm³/mol. The third-order valence-electron chi connectivity index (χ3n) is 4.65. The number of methoxy groups -OCH3 is 1. The number of rotatable bonds is 4. The smallest absolute Gasteiger partial charge is 0.263 e. The van der Waals surface area contributed by atoms with E-state index < -0.39 is 12.1 Å². The second kappa shape index (κ2) is 6.25. The molecule has 0 saturated carbocycles. The second-order valence-corrected chi connectivity index (χ2v) is 6.39. The number of hydrogen-bond donors (Lipinski definition) is 0. The Morgan fingerprint density at radius 2 is 1.69 bits per heavy atom. The summed E-state index contributed by atoms with van der Waals surface area (Å²) in [4.78, 5) is 26.8. The molecule has 0 spiro atoms. The molecule has 2 aliphatic rings. The minimum atomic E-state index is -0.776. The fraction of sp³-hybridized carbons (Fsp3) is 0.263. The molecule has 7 heteroatoms. The topological polar surface area (TPSA) is 74.6 Å². The highest BCUT2D eigenvalue weighted by molar-refractivity contribution is 6.25. The number of hydrogen-bond acceptors (Lipinski definition) is 6. The first-order valence-electron chi connectivity index (χ1n) is 8.33. The molecule has 0 aromatic heterocycles. The van der Waals surface area contributed by atoms with Crippen LogP contribution in [0.2, 0.25) is 0 Å². The number of carbonyl (C=O) groups is 2. The fourth-order valence-electron chi connectivity index (χ4n) is 3.22. The van der Waals surface area contributed by atoms with Crippen molar-refractivity contribution in [1.82, 2.24) is 5.01 Å². The zero-order chi connectivity index (χ0) is 18.3. The van der Waals surface area contributed by atoms with E-state index in [1.54, 1.807) is 24.3 Å². The Kier molecular flexibility index (Phi) is 3.91. The molecule has 2 heterocycles. The van der Waals surface area contributed by atoms with Crippen LogP contribution in [0.1, 0.15) is 11.1 Å². The molecule has 7 nitrogen and oxygen atoms in total. The van der Waals surface area contributed by atoms with Crippen molar-refractivity contribution in [1.29, 1.82) is 0 Å². The Hall–Kier alpha value is -3.22. The third-order valence-corrected chi connectivity index (χ3v) is 4.65. The normalized spacial score (nSPS) is 21.5. The number of imide groups is 1. The van der Waals surface area contributed by atoms with Crippen LogP contribution in [-0.4, -0.2) is 36.0 Å². The summed E-state index contributed by atoms with van der Waals surface area (Å²) in [5.74, 6) is 0.138. The van der Waals surface area contributed by atoms with Gasteiger partial charge >= 0.3 is 0 Å². The molecule has 0 radical (unpaired) electrons. The molecule has 0 bridgehead atoms. The molecule has 2 aliphatic heterocycles. The number of amides is 2. The van der Waals surface area contributed by atoms with Crippen LogP contribution in [0.25, 0.3) is 0 Å². The van der Waals surface area contributed by atoms with Crippen molar-refractivity contribution < 1.29 is 14.3 Å². The molecule has 26 heavy (non-hydrogen) atoms. The van der Waals surface area contributed by atoms with Crippen molar-refractivity contribution in [3.05, 3.63) is 59.7 Å². The van der Waals surface area contributed by atoms with Crippen LogP contribution < -0.4 is 9.64 Å². The van der Waals surface area contributed by atoms with E-state index in [2.05, 4.69) is 10.3 Å². The summed E-state index contributed by atoms with van der Waals surface area (Å²) in [5, 5.41) is 9.69. The highest BCUT2D eigenvalue weighted by atomic mass is 16.5. The zero-order valence-electron chi connectivity index (χ0n) is 14.5. The molecule has 2 atom stereocenters. The molecule has 132 valence electrons. The van der Waals surface area contributed by atoms with Gasteiger partial charge in [-0.3, -0.25) is 14.6 Å². The first-order chi connectivity index (χ1) is 12.6. The van der Waals surface area contributed by atoms with E-state index in [0.29, 0.717) is 12.2 Å². The lowest BCUT2D eigenvalue weighted by atomic mass is 10.1. The molecule has 2 aromatic carbocycles. The number of ether oxygens (including phenoxy) is 1. The first kappa shape index (κ1) is 16.3. The number of aryl methyl sites for hydroxylation is 1.